The lowest BCUT2D eigenvalue weighted by molar-refractivity contribution is 0.698. The van der Waals surface area contributed by atoms with Gasteiger partial charge in [-0.2, -0.15) is 0 Å². The zero-order chi connectivity index (χ0) is 19.5. The number of rotatable bonds is 6. The first kappa shape index (κ1) is 18.9. The molecule has 28 heavy (non-hydrogen) atoms. The van der Waals surface area contributed by atoms with Crippen LogP contribution in [0.5, 0.6) is 0 Å². The molecule has 3 nitrogen and oxygen atoms in total. The number of thiophene rings is 1. The number of hydrogen-bond donors (Lipinski definition) is 1. The van der Waals surface area contributed by atoms with E-state index in [2.05, 4.69) is 42.6 Å². The van der Waals surface area contributed by atoms with Gasteiger partial charge in [0.25, 0.3) is 5.56 Å². The third-order valence-electron chi connectivity index (χ3n) is 4.90. The Balaban J connectivity index is 1.38. The second-order valence-electron chi connectivity index (χ2n) is 6.85. The van der Waals surface area contributed by atoms with Gasteiger partial charge >= 0.3 is 0 Å². The van der Waals surface area contributed by atoms with Crippen LogP contribution in [0.3, 0.4) is 0 Å². The van der Waals surface area contributed by atoms with Crippen molar-refractivity contribution in [3.8, 4) is 0 Å². The topological polar surface area (TPSA) is 34.0 Å². The third-order valence-corrected chi connectivity index (χ3v) is 6.67. The van der Waals surface area contributed by atoms with E-state index in [4.69, 9.17) is 11.6 Å². The Kier molecular flexibility index (Phi) is 5.62. The number of hydrogen-bond acceptors (Lipinski definition) is 3. The van der Waals surface area contributed by atoms with Gasteiger partial charge in [-0.05, 0) is 41.1 Å². The van der Waals surface area contributed by atoms with Gasteiger partial charge in [-0.1, -0.05) is 54.1 Å². The minimum absolute atomic E-state index is 0.0204. The molecular weight excluding hydrogens is 388 g/mol. The summed E-state index contributed by atoms with van der Waals surface area (Å²) in [5.74, 6) is 0. The van der Waals surface area contributed by atoms with E-state index in [9.17, 15) is 4.79 Å². The molecule has 0 amide bonds. The van der Waals surface area contributed by atoms with E-state index in [0.29, 0.717) is 6.54 Å². The molecule has 0 unspecified atom stereocenters. The molecule has 0 radical (unpaired) electrons. The third kappa shape index (κ3) is 4.04. The minimum atomic E-state index is 0.0204. The molecule has 0 fully saturated rings. The lowest BCUT2D eigenvalue weighted by Gasteiger charge is -2.08. The highest BCUT2D eigenvalue weighted by Gasteiger charge is 2.10. The van der Waals surface area contributed by atoms with Crippen LogP contribution in [0.4, 0.5) is 0 Å². The average molecular weight is 409 g/mol. The summed E-state index contributed by atoms with van der Waals surface area (Å²) in [5, 5.41) is 5.60. The van der Waals surface area contributed by atoms with Crippen LogP contribution in [0.15, 0.2) is 71.7 Å². The van der Waals surface area contributed by atoms with Crippen molar-refractivity contribution in [1.82, 2.24) is 9.88 Å². The van der Waals surface area contributed by atoms with Gasteiger partial charge in [0, 0.05) is 30.2 Å². The maximum Gasteiger partial charge on any atom is 0.250 e. The Morgan fingerprint density at radius 3 is 2.50 bits per heavy atom. The molecule has 5 heteroatoms. The average Bonchev–Trinajstić information content (AvgIpc) is 3.02. The second-order valence-corrected chi connectivity index (χ2v) is 8.37. The van der Waals surface area contributed by atoms with Crippen molar-refractivity contribution in [2.75, 3.05) is 0 Å². The number of nitrogens with one attached hydrogen (secondary N) is 1. The molecule has 2 aromatic carbocycles. The fourth-order valence-corrected chi connectivity index (χ4v) is 4.77. The number of aromatic nitrogens is 1. The lowest BCUT2D eigenvalue weighted by atomic mass is 10.1. The molecule has 4 rings (SSSR count). The van der Waals surface area contributed by atoms with Gasteiger partial charge in [-0.25, -0.2) is 0 Å². The maximum absolute atomic E-state index is 11.8. The number of fused-ring (bicyclic) bond motifs is 1. The first-order valence-corrected chi connectivity index (χ1v) is 10.4. The summed E-state index contributed by atoms with van der Waals surface area (Å²) in [6, 6.07) is 19.7. The summed E-state index contributed by atoms with van der Waals surface area (Å²) in [7, 11) is 0. The number of halogens is 1. The highest BCUT2D eigenvalue weighted by atomic mass is 35.5. The molecule has 0 bridgehead atoms. The Morgan fingerprint density at radius 1 is 0.964 bits per heavy atom. The predicted octanol–water partition coefficient (Wildman–Crippen LogP) is 5.36. The van der Waals surface area contributed by atoms with Crippen molar-refractivity contribution in [2.45, 2.75) is 26.6 Å². The van der Waals surface area contributed by atoms with E-state index < -0.39 is 0 Å². The van der Waals surface area contributed by atoms with Gasteiger partial charge in [0.05, 0.1) is 16.3 Å². The molecule has 2 heterocycles. The lowest BCUT2D eigenvalue weighted by Crippen LogP contribution is -2.18. The van der Waals surface area contributed by atoms with E-state index in [0.717, 1.165) is 23.7 Å². The minimum Gasteiger partial charge on any atom is -0.311 e. The van der Waals surface area contributed by atoms with Crippen LogP contribution >= 0.6 is 22.9 Å². The van der Waals surface area contributed by atoms with Crippen LogP contribution < -0.4 is 10.9 Å². The van der Waals surface area contributed by atoms with Crippen LogP contribution in [0.1, 0.15) is 21.6 Å². The molecule has 1 N–H and O–H groups in total. The zero-order valence-corrected chi connectivity index (χ0v) is 17.2. The van der Waals surface area contributed by atoms with Crippen LogP contribution in [0, 0.1) is 6.92 Å². The second kappa shape index (κ2) is 8.31. The molecule has 142 valence electrons. The first-order valence-electron chi connectivity index (χ1n) is 9.22. The molecule has 0 aliphatic heterocycles. The van der Waals surface area contributed by atoms with Crippen molar-refractivity contribution in [3.63, 3.8) is 0 Å². The van der Waals surface area contributed by atoms with E-state index in [1.54, 1.807) is 28.0 Å². The van der Waals surface area contributed by atoms with Gasteiger partial charge in [0.1, 0.15) is 0 Å². The van der Waals surface area contributed by atoms with Crippen molar-refractivity contribution in [2.24, 2.45) is 0 Å². The van der Waals surface area contributed by atoms with Crippen molar-refractivity contribution >= 4 is 33.0 Å². The molecule has 0 saturated heterocycles. The van der Waals surface area contributed by atoms with E-state index >= 15 is 0 Å². The maximum atomic E-state index is 11.8. The molecule has 0 aliphatic rings. The summed E-state index contributed by atoms with van der Waals surface area (Å²) in [6.07, 6.45) is 1.82. The SMILES string of the molecule is Cc1c(CNCc2ccc(Cn3ccccc3=O)cc2)sc2c(Cl)cccc12. The van der Waals surface area contributed by atoms with Gasteiger partial charge in [-0.3, -0.25) is 4.79 Å². The van der Waals surface area contributed by atoms with Gasteiger partial charge in [0.2, 0.25) is 0 Å². The Hall–Kier alpha value is -2.40. The molecule has 0 spiro atoms. The fraction of sp³-hybridized carbons (Fsp3) is 0.174. The number of benzene rings is 2. The molecule has 0 saturated carbocycles. The van der Waals surface area contributed by atoms with Gasteiger partial charge in [-0.15, -0.1) is 11.3 Å². The van der Waals surface area contributed by atoms with Crippen LogP contribution in [-0.4, -0.2) is 4.57 Å². The van der Waals surface area contributed by atoms with Gasteiger partial charge < -0.3 is 9.88 Å². The van der Waals surface area contributed by atoms with Crippen molar-refractivity contribution < 1.29 is 0 Å². The molecular formula is C23H21ClN2OS. The zero-order valence-electron chi connectivity index (χ0n) is 15.6. The first-order chi connectivity index (χ1) is 13.6. The van der Waals surface area contributed by atoms with E-state index in [1.165, 1.54) is 26.1 Å². The van der Waals surface area contributed by atoms with Crippen LogP contribution in [-0.2, 0) is 19.6 Å². The quantitative estimate of drug-likeness (QED) is 0.465. The Morgan fingerprint density at radius 2 is 1.75 bits per heavy atom. The number of pyridine rings is 1. The van der Waals surface area contributed by atoms with Gasteiger partial charge in [0.15, 0.2) is 0 Å². The normalized spacial score (nSPS) is 11.2. The number of nitrogens with zero attached hydrogens (tertiary/aromatic N) is 1. The van der Waals surface area contributed by atoms with Crippen LogP contribution in [0.2, 0.25) is 5.02 Å². The van der Waals surface area contributed by atoms with Crippen molar-refractivity contribution in [3.05, 3.63) is 104 Å². The highest BCUT2D eigenvalue weighted by molar-refractivity contribution is 7.20. The van der Waals surface area contributed by atoms with Crippen molar-refractivity contribution in [1.29, 1.82) is 0 Å². The van der Waals surface area contributed by atoms with E-state index in [1.807, 2.05) is 24.4 Å². The Bertz CT molecular complexity index is 1160. The fourth-order valence-electron chi connectivity index (χ4n) is 3.30. The molecule has 0 aliphatic carbocycles. The summed E-state index contributed by atoms with van der Waals surface area (Å²) in [5.41, 5.74) is 3.67. The van der Waals surface area contributed by atoms with E-state index in [-0.39, 0.29) is 5.56 Å². The summed E-state index contributed by atoms with van der Waals surface area (Å²) < 4.78 is 2.88. The smallest absolute Gasteiger partial charge is 0.250 e. The summed E-state index contributed by atoms with van der Waals surface area (Å²) >= 11 is 8.09. The molecule has 0 atom stereocenters. The summed E-state index contributed by atoms with van der Waals surface area (Å²) in [4.78, 5) is 13.1. The van der Waals surface area contributed by atoms with Crippen LogP contribution in [0.25, 0.3) is 10.1 Å². The standard InChI is InChI=1S/C23H21ClN2OS/c1-16-19-5-4-6-20(24)23(19)28-21(16)14-25-13-17-8-10-18(11-9-17)15-26-12-3-2-7-22(26)27/h2-12,25H,13-15H2,1H3. The Labute approximate surface area is 173 Å². The number of aryl methyl sites for hydroxylation is 1. The predicted molar refractivity (Wildman–Crippen MR) is 118 cm³/mol. The monoisotopic (exact) mass is 408 g/mol. The molecule has 2 aromatic heterocycles. The molecule has 4 aromatic rings. The summed E-state index contributed by atoms with van der Waals surface area (Å²) in [6.45, 7) is 4.37. The highest BCUT2D eigenvalue weighted by Crippen LogP contribution is 2.35. The largest absolute Gasteiger partial charge is 0.311 e.